The number of aromatic hydroxyl groups is 1. The highest BCUT2D eigenvalue weighted by molar-refractivity contribution is 5.62. The maximum Gasteiger partial charge on any atom is 0.271 e. The van der Waals surface area contributed by atoms with E-state index in [1.54, 1.807) is 4.90 Å². The Labute approximate surface area is 69.7 Å². The van der Waals surface area contributed by atoms with Gasteiger partial charge in [-0.15, -0.1) is 0 Å². The SMILES string of the molecule is CCN(CC)c1c(O)c(=O)c1=O. The summed E-state index contributed by atoms with van der Waals surface area (Å²) in [7, 11) is 0. The zero-order chi connectivity index (χ0) is 9.30. The summed E-state index contributed by atoms with van der Waals surface area (Å²) in [6.45, 7) is 4.96. The van der Waals surface area contributed by atoms with E-state index >= 15 is 0 Å². The molecule has 0 radical (unpaired) electrons. The predicted octanol–water partition coefficient (Wildman–Crippen LogP) is -0.166. The molecule has 0 aliphatic heterocycles. The molecule has 1 aromatic carbocycles. The molecule has 0 aliphatic carbocycles. The number of rotatable bonds is 3. The first kappa shape index (κ1) is 8.77. The van der Waals surface area contributed by atoms with Gasteiger partial charge in [0, 0.05) is 13.1 Å². The maximum absolute atomic E-state index is 10.9. The largest absolute Gasteiger partial charge is 0.502 e. The van der Waals surface area contributed by atoms with Crippen LogP contribution in [0.25, 0.3) is 0 Å². The monoisotopic (exact) mass is 169 g/mol. The van der Waals surface area contributed by atoms with Gasteiger partial charge in [0.05, 0.1) is 0 Å². The summed E-state index contributed by atoms with van der Waals surface area (Å²) < 4.78 is 0. The van der Waals surface area contributed by atoms with Gasteiger partial charge in [0.25, 0.3) is 10.9 Å². The van der Waals surface area contributed by atoms with Crippen LogP contribution in [0.2, 0.25) is 0 Å². The first-order chi connectivity index (χ1) is 5.63. The Kier molecular flexibility index (Phi) is 2.17. The quantitative estimate of drug-likeness (QED) is 0.638. The molecule has 0 heterocycles. The molecule has 0 spiro atoms. The van der Waals surface area contributed by atoms with Crippen LogP contribution < -0.4 is 15.8 Å². The van der Waals surface area contributed by atoms with E-state index in [0.29, 0.717) is 13.1 Å². The highest BCUT2D eigenvalue weighted by Crippen LogP contribution is 2.19. The third-order valence-electron chi connectivity index (χ3n) is 1.94. The number of hydrogen-bond donors (Lipinski definition) is 1. The molecule has 12 heavy (non-hydrogen) atoms. The molecule has 0 bridgehead atoms. The van der Waals surface area contributed by atoms with Gasteiger partial charge < -0.3 is 10.0 Å². The lowest BCUT2D eigenvalue weighted by atomic mass is 10.2. The molecule has 66 valence electrons. The normalized spacial score (nSPS) is 10.5. The molecule has 1 aromatic rings. The molecule has 0 aliphatic rings. The van der Waals surface area contributed by atoms with Crippen LogP contribution in [0, 0.1) is 0 Å². The van der Waals surface area contributed by atoms with Crippen molar-refractivity contribution in [1.29, 1.82) is 0 Å². The predicted molar refractivity (Wildman–Crippen MR) is 46.6 cm³/mol. The van der Waals surface area contributed by atoms with Crippen molar-refractivity contribution in [3.63, 3.8) is 0 Å². The van der Waals surface area contributed by atoms with Crippen molar-refractivity contribution in [3.05, 3.63) is 20.4 Å². The molecule has 0 saturated carbocycles. The number of hydrogen-bond acceptors (Lipinski definition) is 4. The smallest absolute Gasteiger partial charge is 0.271 e. The van der Waals surface area contributed by atoms with Crippen LogP contribution >= 0.6 is 0 Å². The van der Waals surface area contributed by atoms with Crippen LogP contribution in [0.4, 0.5) is 5.69 Å². The molecule has 0 aromatic heterocycles. The van der Waals surface area contributed by atoms with Crippen LogP contribution in [0.3, 0.4) is 0 Å². The minimum Gasteiger partial charge on any atom is -0.502 e. The van der Waals surface area contributed by atoms with Gasteiger partial charge in [0.1, 0.15) is 5.69 Å². The molecule has 0 unspecified atom stereocenters. The third kappa shape index (κ3) is 0.995. The molecule has 0 amide bonds. The highest BCUT2D eigenvalue weighted by atomic mass is 16.3. The molecule has 0 atom stereocenters. The van der Waals surface area contributed by atoms with Crippen molar-refractivity contribution >= 4 is 5.69 Å². The Morgan fingerprint density at radius 3 is 2.00 bits per heavy atom. The van der Waals surface area contributed by atoms with E-state index in [9.17, 15) is 9.59 Å². The fraction of sp³-hybridized carbons (Fsp3) is 0.500. The Hall–Kier alpha value is -1.32. The molecular formula is C8H11NO3. The van der Waals surface area contributed by atoms with E-state index in [1.165, 1.54) is 0 Å². The van der Waals surface area contributed by atoms with Gasteiger partial charge in [0.15, 0.2) is 5.75 Å². The fourth-order valence-electron chi connectivity index (χ4n) is 1.20. The van der Waals surface area contributed by atoms with E-state index in [1.807, 2.05) is 13.8 Å². The van der Waals surface area contributed by atoms with E-state index in [-0.39, 0.29) is 11.4 Å². The third-order valence-corrected chi connectivity index (χ3v) is 1.94. The Balaban J connectivity index is 3.05. The van der Waals surface area contributed by atoms with E-state index in [4.69, 9.17) is 5.11 Å². The highest BCUT2D eigenvalue weighted by Gasteiger charge is 2.23. The van der Waals surface area contributed by atoms with Gasteiger partial charge in [-0.3, -0.25) is 9.59 Å². The molecular weight excluding hydrogens is 158 g/mol. The van der Waals surface area contributed by atoms with Crippen LogP contribution in [-0.2, 0) is 0 Å². The Morgan fingerprint density at radius 2 is 1.67 bits per heavy atom. The van der Waals surface area contributed by atoms with Crippen LogP contribution in [0.1, 0.15) is 13.8 Å². The minimum absolute atomic E-state index is 0.171. The van der Waals surface area contributed by atoms with Gasteiger partial charge >= 0.3 is 0 Å². The molecule has 1 rings (SSSR count). The molecule has 0 fully saturated rings. The number of anilines is 1. The zero-order valence-electron chi connectivity index (χ0n) is 7.13. The molecule has 4 nitrogen and oxygen atoms in total. The maximum atomic E-state index is 10.9. The zero-order valence-corrected chi connectivity index (χ0v) is 7.13. The fourth-order valence-corrected chi connectivity index (χ4v) is 1.20. The second-order valence-electron chi connectivity index (χ2n) is 2.53. The van der Waals surface area contributed by atoms with Crippen molar-refractivity contribution in [2.75, 3.05) is 18.0 Å². The molecule has 1 N–H and O–H groups in total. The molecule has 0 saturated heterocycles. The lowest BCUT2D eigenvalue weighted by Gasteiger charge is -2.21. The second kappa shape index (κ2) is 2.97. The van der Waals surface area contributed by atoms with Crippen molar-refractivity contribution in [2.45, 2.75) is 13.8 Å². The van der Waals surface area contributed by atoms with Crippen molar-refractivity contribution in [2.24, 2.45) is 0 Å². The van der Waals surface area contributed by atoms with Gasteiger partial charge in [0.2, 0.25) is 0 Å². The summed E-state index contributed by atoms with van der Waals surface area (Å²) in [5, 5.41) is 9.05. The topological polar surface area (TPSA) is 57.6 Å². The molecule has 4 heteroatoms. The summed E-state index contributed by atoms with van der Waals surface area (Å²) >= 11 is 0. The summed E-state index contributed by atoms with van der Waals surface area (Å²) in [5.41, 5.74) is -1.17. The van der Waals surface area contributed by atoms with Crippen LogP contribution in [0.5, 0.6) is 5.75 Å². The van der Waals surface area contributed by atoms with Crippen molar-refractivity contribution in [1.82, 2.24) is 0 Å². The minimum atomic E-state index is -0.767. The average Bonchev–Trinajstić information content (AvgIpc) is 2.12. The lowest BCUT2D eigenvalue weighted by Crippen LogP contribution is -2.39. The first-order valence-corrected chi connectivity index (χ1v) is 3.90. The summed E-state index contributed by atoms with van der Waals surface area (Å²) in [5.74, 6) is -0.385. The average molecular weight is 169 g/mol. The van der Waals surface area contributed by atoms with Crippen molar-refractivity contribution in [3.8, 4) is 5.75 Å². The van der Waals surface area contributed by atoms with Gasteiger partial charge in [-0.1, -0.05) is 0 Å². The Morgan fingerprint density at radius 1 is 1.17 bits per heavy atom. The van der Waals surface area contributed by atoms with Crippen molar-refractivity contribution < 1.29 is 5.11 Å². The summed E-state index contributed by atoms with van der Waals surface area (Å²) in [4.78, 5) is 23.2. The first-order valence-electron chi connectivity index (χ1n) is 3.90. The van der Waals surface area contributed by atoms with Gasteiger partial charge in [-0.2, -0.15) is 0 Å². The van der Waals surface area contributed by atoms with E-state index < -0.39 is 10.9 Å². The Bertz CT molecular complexity index is 345. The van der Waals surface area contributed by atoms with Gasteiger partial charge in [-0.05, 0) is 13.8 Å². The standard InChI is InChI=1S/C8H11NO3/c1-3-9(4-2)5-6(10)8(12)7(5)11/h10H,3-4H2,1-2H3. The lowest BCUT2D eigenvalue weighted by molar-refractivity contribution is 0.461. The number of nitrogens with zero attached hydrogens (tertiary/aromatic N) is 1. The van der Waals surface area contributed by atoms with Crippen LogP contribution in [-0.4, -0.2) is 18.2 Å². The summed E-state index contributed by atoms with van der Waals surface area (Å²) in [6, 6.07) is 0. The summed E-state index contributed by atoms with van der Waals surface area (Å²) in [6.07, 6.45) is 0. The van der Waals surface area contributed by atoms with Gasteiger partial charge in [-0.25, -0.2) is 0 Å². The second-order valence-corrected chi connectivity index (χ2v) is 2.53. The van der Waals surface area contributed by atoms with E-state index in [2.05, 4.69) is 0 Å². The van der Waals surface area contributed by atoms with E-state index in [0.717, 1.165) is 0 Å². The van der Waals surface area contributed by atoms with Crippen LogP contribution in [0.15, 0.2) is 9.59 Å².